The van der Waals surface area contributed by atoms with Crippen molar-refractivity contribution in [1.29, 1.82) is 5.26 Å². The van der Waals surface area contributed by atoms with Gasteiger partial charge in [0.15, 0.2) is 0 Å². The Morgan fingerprint density at radius 1 is 1.11 bits per heavy atom. The summed E-state index contributed by atoms with van der Waals surface area (Å²) in [5.74, 6) is 0.760. The Kier molecular flexibility index (Phi) is 4.57. The Morgan fingerprint density at radius 3 is 2.67 bits per heavy atom. The zero-order chi connectivity index (χ0) is 18.8. The van der Waals surface area contributed by atoms with E-state index in [4.69, 9.17) is 10.2 Å². The van der Waals surface area contributed by atoms with Crippen molar-refractivity contribution < 1.29 is 0 Å². The second-order valence-electron chi connectivity index (χ2n) is 6.28. The number of nitriles is 1. The van der Waals surface area contributed by atoms with Crippen LogP contribution >= 0.6 is 11.3 Å². The molecule has 0 amide bonds. The van der Waals surface area contributed by atoms with Gasteiger partial charge >= 0.3 is 0 Å². The largest absolute Gasteiger partial charge is 0.292 e. The molecule has 0 atom stereocenters. The number of nitrogens with zero attached hydrogens (tertiary/aromatic N) is 3. The summed E-state index contributed by atoms with van der Waals surface area (Å²) in [7, 11) is 0. The van der Waals surface area contributed by atoms with Crippen LogP contribution in [0.2, 0.25) is 0 Å². The maximum absolute atomic E-state index is 13.2. The van der Waals surface area contributed by atoms with Crippen LogP contribution in [0.25, 0.3) is 20.7 Å². The van der Waals surface area contributed by atoms with Crippen LogP contribution < -0.4 is 5.56 Å². The molecule has 0 fully saturated rings. The van der Waals surface area contributed by atoms with Gasteiger partial charge in [-0.3, -0.25) is 9.36 Å². The summed E-state index contributed by atoms with van der Waals surface area (Å²) >= 11 is 1.55. The molecule has 0 aliphatic carbocycles. The topological polar surface area (TPSA) is 58.7 Å². The van der Waals surface area contributed by atoms with Gasteiger partial charge in [0.2, 0.25) is 0 Å². The first-order chi connectivity index (χ1) is 13.2. The van der Waals surface area contributed by atoms with Crippen molar-refractivity contribution in [3.05, 3.63) is 88.0 Å². The van der Waals surface area contributed by atoms with Crippen LogP contribution in [-0.4, -0.2) is 9.55 Å². The zero-order valence-electron chi connectivity index (χ0n) is 14.8. The van der Waals surface area contributed by atoms with Crippen LogP contribution in [0, 0.1) is 11.3 Å². The van der Waals surface area contributed by atoms with Gasteiger partial charge in [0.25, 0.3) is 5.56 Å². The fraction of sp³-hybridized carbons (Fsp3) is 0.136. The summed E-state index contributed by atoms with van der Waals surface area (Å²) in [5, 5.41) is 9.75. The third kappa shape index (κ3) is 3.27. The molecule has 0 unspecified atom stereocenters. The predicted octanol–water partition coefficient (Wildman–Crippen LogP) is 4.61. The Balaban J connectivity index is 1.84. The van der Waals surface area contributed by atoms with Crippen molar-refractivity contribution in [3.8, 4) is 16.5 Å². The van der Waals surface area contributed by atoms with Gasteiger partial charge in [-0.2, -0.15) is 5.26 Å². The van der Waals surface area contributed by atoms with Crippen LogP contribution in [-0.2, 0) is 13.0 Å². The molecule has 2 heterocycles. The molecule has 0 saturated heterocycles. The Labute approximate surface area is 161 Å². The van der Waals surface area contributed by atoms with E-state index in [-0.39, 0.29) is 5.56 Å². The molecular weight excluding hydrogens is 354 g/mol. The lowest BCUT2D eigenvalue weighted by Crippen LogP contribution is -2.25. The highest BCUT2D eigenvalue weighted by Crippen LogP contribution is 2.31. The molecule has 4 rings (SSSR count). The summed E-state index contributed by atoms with van der Waals surface area (Å²) in [6, 6.07) is 21.5. The number of benzene rings is 2. The SMILES string of the molecule is CCc1nc2sc(-c3ccccc3)cc2c(=O)n1Cc1cccc(C#N)c1. The van der Waals surface area contributed by atoms with E-state index in [1.54, 1.807) is 22.0 Å². The van der Waals surface area contributed by atoms with E-state index in [9.17, 15) is 4.79 Å². The van der Waals surface area contributed by atoms with Crippen molar-refractivity contribution in [2.75, 3.05) is 0 Å². The molecule has 4 nitrogen and oxygen atoms in total. The van der Waals surface area contributed by atoms with Gasteiger partial charge in [-0.15, -0.1) is 11.3 Å². The summed E-state index contributed by atoms with van der Waals surface area (Å²) in [6.45, 7) is 2.42. The van der Waals surface area contributed by atoms with Crippen molar-refractivity contribution in [3.63, 3.8) is 0 Å². The van der Waals surface area contributed by atoms with E-state index in [1.165, 1.54) is 0 Å². The fourth-order valence-corrected chi connectivity index (χ4v) is 4.20. The lowest BCUT2D eigenvalue weighted by molar-refractivity contribution is 0.687. The number of thiophene rings is 1. The van der Waals surface area contributed by atoms with Gasteiger partial charge in [-0.1, -0.05) is 49.4 Å². The maximum atomic E-state index is 13.2. The minimum absolute atomic E-state index is 0.0300. The van der Waals surface area contributed by atoms with Gasteiger partial charge in [0.1, 0.15) is 10.7 Å². The van der Waals surface area contributed by atoms with E-state index in [2.05, 4.69) is 6.07 Å². The highest BCUT2D eigenvalue weighted by molar-refractivity contribution is 7.21. The van der Waals surface area contributed by atoms with Crippen LogP contribution in [0.5, 0.6) is 0 Å². The molecule has 0 spiro atoms. The van der Waals surface area contributed by atoms with E-state index >= 15 is 0 Å². The Bertz CT molecular complexity index is 1220. The first kappa shape index (κ1) is 17.2. The van der Waals surface area contributed by atoms with E-state index in [0.29, 0.717) is 23.9 Å². The van der Waals surface area contributed by atoms with Crippen LogP contribution in [0.1, 0.15) is 23.9 Å². The number of rotatable bonds is 4. The maximum Gasteiger partial charge on any atom is 0.262 e. The molecule has 0 saturated carbocycles. The average molecular weight is 371 g/mol. The molecule has 5 heteroatoms. The van der Waals surface area contributed by atoms with E-state index in [0.717, 1.165) is 26.7 Å². The summed E-state index contributed by atoms with van der Waals surface area (Å²) in [4.78, 5) is 19.8. The molecule has 0 bridgehead atoms. The van der Waals surface area contributed by atoms with Gasteiger partial charge in [-0.25, -0.2) is 4.98 Å². The van der Waals surface area contributed by atoms with Crippen molar-refractivity contribution in [1.82, 2.24) is 9.55 Å². The molecule has 0 N–H and O–H groups in total. The molecule has 132 valence electrons. The molecule has 2 aromatic carbocycles. The minimum atomic E-state index is -0.0300. The third-order valence-electron chi connectivity index (χ3n) is 4.50. The lowest BCUT2D eigenvalue weighted by Gasteiger charge is -2.11. The first-order valence-electron chi connectivity index (χ1n) is 8.77. The molecule has 0 aliphatic heterocycles. The lowest BCUT2D eigenvalue weighted by atomic mass is 10.1. The van der Waals surface area contributed by atoms with Crippen LogP contribution in [0.3, 0.4) is 0 Å². The van der Waals surface area contributed by atoms with Crippen LogP contribution in [0.15, 0.2) is 65.5 Å². The molecule has 2 aromatic heterocycles. The number of hydrogen-bond donors (Lipinski definition) is 0. The van der Waals surface area contributed by atoms with Crippen molar-refractivity contribution >= 4 is 21.6 Å². The van der Waals surface area contributed by atoms with Gasteiger partial charge in [0.05, 0.1) is 23.6 Å². The summed E-state index contributed by atoms with van der Waals surface area (Å²) in [5.41, 5.74) is 2.57. The number of aromatic nitrogens is 2. The molecule has 0 aliphatic rings. The standard InChI is InChI=1S/C22H17N3OS/c1-2-20-24-21-18(12-19(27-21)17-9-4-3-5-10-17)22(26)25(20)14-16-8-6-7-15(11-16)13-23/h3-12H,2,14H2,1H3. The highest BCUT2D eigenvalue weighted by atomic mass is 32.1. The highest BCUT2D eigenvalue weighted by Gasteiger charge is 2.14. The molecule has 0 radical (unpaired) electrons. The molecular formula is C22H17N3OS. The number of hydrogen-bond acceptors (Lipinski definition) is 4. The van der Waals surface area contributed by atoms with Gasteiger partial charge in [-0.05, 0) is 29.3 Å². The quantitative estimate of drug-likeness (QED) is 0.526. The average Bonchev–Trinajstić information content (AvgIpc) is 3.15. The van der Waals surface area contributed by atoms with Gasteiger partial charge < -0.3 is 0 Å². The summed E-state index contributed by atoms with van der Waals surface area (Å²) < 4.78 is 1.72. The van der Waals surface area contributed by atoms with Gasteiger partial charge in [0, 0.05) is 11.3 Å². The zero-order valence-corrected chi connectivity index (χ0v) is 15.7. The Hall–Kier alpha value is -3.23. The minimum Gasteiger partial charge on any atom is -0.292 e. The van der Waals surface area contributed by atoms with Crippen molar-refractivity contribution in [2.45, 2.75) is 19.9 Å². The van der Waals surface area contributed by atoms with Crippen molar-refractivity contribution in [2.24, 2.45) is 0 Å². The number of fused-ring (bicyclic) bond motifs is 1. The normalized spacial score (nSPS) is 10.8. The number of aryl methyl sites for hydroxylation is 1. The first-order valence-corrected chi connectivity index (χ1v) is 9.59. The van der Waals surface area contributed by atoms with E-state index < -0.39 is 0 Å². The second-order valence-corrected chi connectivity index (χ2v) is 7.31. The second kappa shape index (κ2) is 7.18. The van der Waals surface area contributed by atoms with Crippen LogP contribution in [0.4, 0.5) is 0 Å². The fourth-order valence-electron chi connectivity index (χ4n) is 3.16. The smallest absolute Gasteiger partial charge is 0.262 e. The monoisotopic (exact) mass is 371 g/mol. The third-order valence-corrected chi connectivity index (χ3v) is 5.58. The van der Waals surface area contributed by atoms with E-state index in [1.807, 2.05) is 61.5 Å². The molecule has 27 heavy (non-hydrogen) atoms. The molecule has 4 aromatic rings. The predicted molar refractivity (Wildman–Crippen MR) is 109 cm³/mol. The summed E-state index contributed by atoms with van der Waals surface area (Å²) in [6.07, 6.45) is 0.668. The Morgan fingerprint density at radius 2 is 1.93 bits per heavy atom.